The van der Waals surface area contributed by atoms with E-state index in [1.165, 1.54) is 32.1 Å². The molecule has 1 unspecified atom stereocenters. The van der Waals surface area contributed by atoms with Gasteiger partial charge < -0.3 is 20.3 Å². The summed E-state index contributed by atoms with van der Waals surface area (Å²) in [5, 5.41) is 23.4. The number of hydrogen-bond donors (Lipinski definition) is 3. The van der Waals surface area contributed by atoms with Crippen LogP contribution in [0.25, 0.3) is 11.1 Å². The smallest absolute Gasteiger partial charge is 0.335 e. The van der Waals surface area contributed by atoms with Crippen molar-refractivity contribution < 1.29 is 19.7 Å². The molecule has 5 heteroatoms. The van der Waals surface area contributed by atoms with Gasteiger partial charge in [0.25, 0.3) is 0 Å². The number of carboxylic acid groups (broad SMARTS) is 1. The van der Waals surface area contributed by atoms with E-state index < -0.39 is 12.1 Å². The summed E-state index contributed by atoms with van der Waals surface area (Å²) < 4.78 is 6.08. The van der Waals surface area contributed by atoms with Gasteiger partial charge in [0.05, 0.1) is 24.4 Å². The van der Waals surface area contributed by atoms with Crippen LogP contribution in [0.15, 0.2) is 42.5 Å². The number of rotatable bonds is 11. The second kappa shape index (κ2) is 12.0. The third-order valence-electron chi connectivity index (χ3n) is 7.05. The Morgan fingerprint density at radius 1 is 1.15 bits per heavy atom. The van der Waals surface area contributed by atoms with Gasteiger partial charge in [-0.25, -0.2) is 4.79 Å². The normalized spacial score (nSPS) is 16.9. The highest BCUT2D eigenvalue weighted by atomic mass is 16.5. The number of hydrogen-bond acceptors (Lipinski definition) is 4. The quantitative estimate of drug-likeness (QED) is 0.370. The van der Waals surface area contributed by atoms with E-state index in [2.05, 4.69) is 19.2 Å². The summed E-state index contributed by atoms with van der Waals surface area (Å²) in [6.07, 6.45) is 7.07. The van der Waals surface area contributed by atoms with Crippen LogP contribution < -0.4 is 5.32 Å². The molecule has 1 fully saturated rings. The number of carboxylic acids is 1. The Hall–Kier alpha value is -2.21. The lowest BCUT2D eigenvalue weighted by molar-refractivity contribution is -0.00453. The van der Waals surface area contributed by atoms with Gasteiger partial charge in [0.2, 0.25) is 0 Å². The molecule has 2 aromatic carbocycles. The maximum absolute atomic E-state index is 11.4. The van der Waals surface area contributed by atoms with E-state index in [4.69, 9.17) is 4.74 Å². The number of carbonyl (C=O) groups is 1. The highest BCUT2D eigenvalue weighted by molar-refractivity contribution is 5.90. The van der Waals surface area contributed by atoms with Crippen LogP contribution in [-0.4, -0.2) is 41.0 Å². The van der Waals surface area contributed by atoms with Gasteiger partial charge in [-0.3, -0.25) is 0 Å². The van der Waals surface area contributed by atoms with Gasteiger partial charge in [-0.2, -0.15) is 0 Å². The predicted octanol–water partition coefficient (Wildman–Crippen LogP) is 6.14. The molecule has 1 aliphatic carbocycles. The third-order valence-corrected chi connectivity index (χ3v) is 7.05. The molecule has 2 atom stereocenters. The fourth-order valence-corrected chi connectivity index (χ4v) is 5.17. The number of aliphatic hydroxyl groups excluding tert-OH is 1. The summed E-state index contributed by atoms with van der Waals surface area (Å²) in [6.45, 7) is 9.01. The number of aliphatic hydroxyl groups is 1. The molecule has 3 N–H and O–H groups in total. The molecule has 0 amide bonds. The Labute approximate surface area is 204 Å². The van der Waals surface area contributed by atoms with E-state index in [1.54, 1.807) is 6.07 Å². The van der Waals surface area contributed by atoms with Gasteiger partial charge in [-0.05, 0) is 68.4 Å². The summed E-state index contributed by atoms with van der Waals surface area (Å²) >= 11 is 0. The maximum Gasteiger partial charge on any atom is 0.335 e. The van der Waals surface area contributed by atoms with Crippen molar-refractivity contribution in [2.45, 2.75) is 84.0 Å². The van der Waals surface area contributed by atoms with Gasteiger partial charge in [-0.15, -0.1) is 0 Å². The second-order valence-corrected chi connectivity index (χ2v) is 10.5. The average molecular weight is 468 g/mol. The number of nitrogens with one attached hydrogen (secondary N) is 1. The second-order valence-electron chi connectivity index (χ2n) is 10.5. The van der Waals surface area contributed by atoms with Crippen molar-refractivity contribution in [3.63, 3.8) is 0 Å². The van der Waals surface area contributed by atoms with Crippen molar-refractivity contribution in [2.75, 3.05) is 13.2 Å². The Bertz CT molecular complexity index is 949. The zero-order chi connectivity index (χ0) is 24.7. The molecule has 1 saturated carbocycles. The lowest BCUT2D eigenvalue weighted by Gasteiger charge is -2.33. The molecule has 3 rings (SSSR count). The summed E-state index contributed by atoms with van der Waals surface area (Å²) in [5.74, 6) is -0.132. The third kappa shape index (κ3) is 7.39. The maximum atomic E-state index is 11.4. The molecule has 1 aliphatic rings. The number of benzene rings is 2. The van der Waals surface area contributed by atoms with Crippen LogP contribution in [0.3, 0.4) is 0 Å². The SMILES string of the molecule is Cc1cc(-c2ccccc2[C@@H](C)OCC(O)CNC(C)(C)CC2CCCCC2)ccc1C(=O)O. The van der Waals surface area contributed by atoms with E-state index in [0.717, 1.165) is 34.6 Å². The van der Waals surface area contributed by atoms with E-state index in [1.807, 2.05) is 50.2 Å². The first-order chi connectivity index (χ1) is 16.2. The largest absolute Gasteiger partial charge is 0.478 e. The molecule has 186 valence electrons. The predicted molar refractivity (Wildman–Crippen MR) is 137 cm³/mol. The zero-order valence-corrected chi connectivity index (χ0v) is 21.1. The number of β-amino-alcohol motifs (C(OH)–C–C–N with tert-alkyl or cyclic N) is 1. The summed E-state index contributed by atoms with van der Waals surface area (Å²) in [7, 11) is 0. The van der Waals surface area contributed by atoms with Gasteiger partial charge in [-0.1, -0.05) is 68.5 Å². The van der Waals surface area contributed by atoms with E-state index in [0.29, 0.717) is 12.1 Å². The van der Waals surface area contributed by atoms with E-state index in [-0.39, 0.29) is 18.2 Å². The van der Waals surface area contributed by atoms with E-state index >= 15 is 0 Å². The molecular weight excluding hydrogens is 426 g/mol. The van der Waals surface area contributed by atoms with Crippen LogP contribution in [-0.2, 0) is 4.74 Å². The van der Waals surface area contributed by atoms with Gasteiger partial charge >= 0.3 is 5.97 Å². The molecule has 0 aromatic heterocycles. The first-order valence-corrected chi connectivity index (χ1v) is 12.6. The minimum Gasteiger partial charge on any atom is -0.478 e. The van der Waals surface area contributed by atoms with Gasteiger partial charge in [0.15, 0.2) is 0 Å². The minimum atomic E-state index is -0.918. The summed E-state index contributed by atoms with van der Waals surface area (Å²) in [5.41, 5.74) is 4.03. The molecular formula is C29H41NO4. The number of aromatic carboxylic acids is 1. The fraction of sp³-hybridized carbons (Fsp3) is 0.552. The molecule has 0 bridgehead atoms. The first-order valence-electron chi connectivity index (χ1n) is 12.6. The summed E-state index contributed by atoms with van der Waals surface area (Å²) in [6, 6.07) is 13.4. The molecule has 2 aromatic rings. The van der Waals surface area contributed by atoms with Crippen molar-refractivity contribution in [1.29, 1.82) is 0 Å². The fourth-order valence-electron chi connectivity index (χ4n) is 5.17. The van der Waals surface area contributed by atoms with Crippen molar-refractivity contribution in [1.82, 2.24) is 5.32 Å². The Balaban J connectivity index is 1.56. The van der Waals surface area contributed by atoms with Crippen LogP contribution in [0.4, 0.5) is 0 Å². The molecule has 0 aliphatic heterocycles. The lowest BCUT2D eigenvalue weighted by atomic mass is 9.81. The highest BCUT2D eigenvalue weighted by Gasteiger charge is 2.25. The first kappa shape index (κ1) is 26.4. The zero-order valence-electron chi connectivity index (χ0n) is 21.1. The van der Waals surface area contributed by atoms with Crippen molar-refractivity contribution in [3.8, 4) is 11.1 Å². The Kier molecular flexibility index (Phi) is 9.29. The highest BCUT2D eigenvalue weighted by Crippen LogP contribution is 2.32. The van der Waals surface area contributed by atoms with Crippen molar-refractivity contribution in [3.05, 3.63) is 59.2 Å². The topological polar surface area (TPSA) is 78.8 Å². The Morgan fingerprint density at radius 3 is 2.53 bits per heavy atom. The minimum absolute atomic E-state index is 0.00117. The molecule has 5 nitrogen and oxygen atoms in total. The molecule has 0 heterocycles. The molecule has 34 heavy (non-hydrogen) atoms. The van der Waals surface area contributed by atoms with Crippen molar-refractivity contribution >= 4 is 5.97 Å². The van der Waals surface area contributed by atoms with Crippen LogP contribution in [0.5, 0.6) is 0 Å². The van der Waals surface area contributed by atoms with Crippen LogP contribution in [0.2, 0.25) is 0 Å². The Morgan fingerprint density at radius 2 is 1.85 bits per heavy atom. The summed E-state index contributed by atoms with van der Waals surface area (Å²) in [4.78, 5) is 11.4. The number of aryl methyl sites for hydroxylation is 1. The standard InChI is InChI=1S/C29H41NO4/c1-20-16-23(14-15-25(20)28(32)33)27-13-9-8-12-26(27)21(2)34-19-24(31)18-30-29(3,4)17-22-10-6-5-7-11-22/h8-9,12-16,21-22,24,30-31H,5-7,10-11,17-19H2,1-4H3,(H,32,33)/t21-,24?/m1/s1. The van der Waals surface area contributed by atoms with Crippen LogP contribution in [0, 0.1) is 12.8 Å². The van der Waals surface area contributed by atoms with Crippen LogP contribution >= 0.6 is 0 Å². The van der Waals surface area contributed by atoms with Gasteiger partial charge in [0, 0.05) is 12.1 Å². The van der Waals surface area contributed by atoms with Crippen LogP contribution in [0.1, 0.15) is 86.9 Å². The number of ether oxygens (including phenoxy) is 1. The molecule has 0 radical (unpaired) electrons. The monoisotopic (exact) mass is 467 g/mol. The van der Waals surface area contributed by atoms with Crippen molar-refractivity contribution in [2.24, 2.45) is 5.92 Å². The van der Waals surface area contributed by atoms with E-state index in [9.17, 15) is 15.0 Å². The lowest BCUT2D eigenvalue weighted by Crippen LogP contribution is -2.45. The average Bonchev–Trinajstić information content (AvgIpc) is 2.81. The molecule has 0 spiro atoms. The molecule has 0 saturated heterocycles. The van der Waals surface area contributed by atoms with Gasteiger partial charge in [0.1, 0.15) is 0 Å².